The van der Waals surface area contributed by atoms with Gasteiger partial charge in [0, 0.05) is 11.1 Å². The van der Waals surface area contributed by atoms with Gasteiger partial charge in [-0.15, -0.1) is 0 Å². The number of rotatable bonds is 8. The molecule has 2 aromatic rings. The number of hydrogen-bond acceptors (Lipinski definition) is 3. The van der Waals surface area contributed by atoms with Gasteiger partial charge in [0.05, 0.1) is 6.61 Å². The van der Waals surface area contributed by atoms with E-state index in [-0.39, 0.29) is 5.78 Å². The zero-order chi connectivity index (χ0) is 16.7. The summed E-state index contributed by atoms with van der Waals surface area (Å²) in [5.41, 5.74) is 1.78. The molecule has 2 aromatic carbocycles. The molecule has 0 aliphatic rings. The molecule has 0 spiro atoms. The number of unbranched alkanes of at least 4 members (excludes halogenated alkanes) is 1. The van der Waals surface area contributed by atoms with Gasteiger partial charge in [-0.05, 0) is 25.8 Å². The first kappa shape index (κ1) is 17.4. The van der Waals surface area contributed by atoms with Crippen molar-refractivity contribution in [3.63, 3.8) is 0 Å². The second-order valence-electron chi connectivity index (χ2n) is 6.04. The average molecular weight is 312 g/mol. The Balaban J connectivity index is 2.05. The highest BCUT2D eigenvalue weighted by molar-refractivity contribution is 6.08. The van der Waals surface area contributed by atoms with Crippen molar-refractivity contribution in [2.45, 2.75) is 39.2 Å². The molecule has 0 aliphatic carbocycles. The largest absolute Gasteiger partial charge is 0.289 e. The van der Waals surface area contributed by atoms with Gasteiger partial charge in [0.1, 0.15) is 5.60 Å². The molecular weight excluding hydrogens is 288 g/mol. The zero-order valence-corrected chi connectivity index (χ0v) is 14.0. The van der Waals surface area contributed by atoms with E-state index in [1.165, 1.54) is 0 Å². The third-order valence-electron chi connectivity index (χ3n) is 3.73. The van der Waals surface area contributed by atoms with Crippen LogP contribution in [0.25, 0.3) is 0 Å². The minimum atomic E-state index is -0.554. The molecule has 0 unspecified atom stereocenters. The van der Waals surface area contributed by atoms with Gasteiger partial charge >= 0.3 is 0 Å². The fraction of sp³-hybridized carbons (Fsp3) is 0.350. The topological polar surface area (TPSA) is 35.5 Å². The van der Waals surface area contributed by atoms with Crippen LogP contribution in [0.15, 0.2) is 54.6 Å². The van der Waals surface area contributed by atoms with Gasteiger partial charge in [-0.25, -0.2) is 9.78 Å². The second kappa shape index (κ2) is 8.04. The van der Waals surface area contributed by atoms with Gasteiger partial charge in [-0.1, -0.05) is 67.9 Å². The lowest BCUT2D eigenvalue weighted by Crippen LogP contribution is -2.22. The number of hydrogen-bond donors (Lipinski definition) is 0. The van der Waals surface area contributed by atoms with Gasteiger partial charge in [-0.2, -0.15) is 0 Å². The summed E-state index contributed by atoms with van der Waals surface area (Å²) in [6.07, 6.45) is 2.04. The van der Waals surface area contributed by atoms with Gasteiger partial charge in [0.15, 0.2) is 5.78 Å². The second-order valence-corrected chi connectivity index (χ2v) is 6.04. The highest BCUT2D eigenvalue weighted by Gasteiger charge is 2.23. The smallest absolute Gasteiger partial charge is 0.193 e. The lowest BCUT2D eigenvalue weighted by Gasteiger charge is -2.24. The quantitative estimate of drug-likeness (QED) is 0.301. The van der Waals surface area contributed by atoms with Crippen LogP contribution in [0, 0.1) is 0 Å². The van der Waals surface area contributed by atoms with Crippen molar-refractivity contribution < 1.29 is 14.6 Å². The third kappa shape index (κ3) is 4.75. The minimum Gasteiger partial charge on any atom is -0.289 e. The number of carbonyl (C=O) groups is 1. The Kier molecular flexibility index (Phi) is 6.08. The Morgan fingerprint density at radius 2 is 1.57 bits per heavy atom. The van der Waals surface area contributed by atoms with Crippen molar-refractivity contribution in [1.82, 2.24) is 0 Å². The molecule has 122 valence electrons. The van der Waals surface area contributed by atoms with E-state index in [0.717, 1.165) is 18.4 Å². The maximum Gasteiger partial charge on any atom is 0.193 e. The van der Waals surface area contributed by atoms with E-state index in [1.54, 1.807) is 0 Å². The molecule has 0 amide bonds. The Bertz CT molecular complexity index is 615. The maximum absolute atomic E-state index is 12.4. The Morgan fingerprint density at radius 3 is 2.17 bits per heavy atom. The maximum atomic E-state index is 12.4. The van der Waals surface area contributed by atoms with Crippen LogP contribution < -0.4 is 0 Å². The fourth-order valence-electron chi connectivity index (χ4n) is 2.22. The van der Waals surface area contributed by atoms with E-state index in [2.05, 4.69) is 6.92 Å². The van der Waals surface area contributed by atoms with Crippen LogP contribution in [0.1, 0.15) is 55.1 Å². The van der Waals surface area contributed by atoms with Crippen molar-refractivity contribution in [2.24, 2.45) is 0 Å². The fourth-order valence-corrected chi connectivity index (χ4v) is 2.22. The molecule has 0 heterocycles. The molecule has 0 saturated heterocycles. The standard InChI is InChI=1S/C20H24O3/c1-4-5-15-22-23-20(2,3)18-13-11-17(12-14-18)19(21)16-9-7-6-8-10-16/h6-14H,4-5,15H2,1-3H3. The van der Waals surface area contributed by atoms with E-state index >= 15 is 0 Å². The molecule has 23 heavy (non-hydrogen) atoms. The summed E-state index contributed by atoms with van der Waals surface area (Å²) in [4.78, 5) is 23.2. The number of ketones is 1. The molecule has 0 fully saturated rings. The lowest BCUT2D eigenvalue weighted by molar-refractivity contribution is -0.358. The molecule has 0 saturated carbocycles. The van der Waals surface area contributed by atoms with Crippen molar-refractivity contribution in [1.29, 1.82) is 0 Å². The van der Waals surface area contributed by atoms with Crippen molar-refractivity contribution in [3.8, 4) is 0 Å². The van der Waals surface area contributed by atoms with Crippen LogP contribution in [0.2, 0.25) is 0 Å². The zero-order valence-electron chi connectivity index (χ0n) is 14.0. The minimum absolute atomic E-state index is 0.0232. The highest BCUT2D eigenvalue weighted by atomic mass is 17.2. The first-order chi connectivity index (χ1) is 11.0. The molecule has 3 heteroatoms. The molecule has 3 nitrogen and oxygen atoms in total. The molecule has 0 bridgehead atoms. The van der Waals surface area contributed by atoms with Gasteiger partial charge in [-0.3, -0.25) is 4.79 Å². The van der Waals surface area contributed by atoms with Crippen LogP contribution in [-0.2, 0) is 15.4 Å². The Hall–Kier alpha value is -1.97. The molecule has 0 aromatic heterocycles. The predicted octanol–water partition coefficient (Wildman–Crippen LogP) is 4.90. The number of carbonyl (C=O) groups excluding carboxylic acids is 1. The van der Waals surface area contributed by atoms with E-state index in [4.69, 9.17) is 9.78 Å². The SMILES string of the molecule is CCCCOOC(C)(C)c1ccc(C(=O)c2ccccc2)cc1. The first-order valence-electron chi connectivity index (χ1n) is 8.05. The van der Waals surface area contributed by atoms with Crippen LogP contribution in [0.4, 0.5) is 0 Å². The van der Waals surface area contributed by atoms with Crippen LogP contribution >= 0.6 is 0 Å². The molecule has 0 atom stereocenters. The monoisotopic (exact) mass is 312 g/mol. The van der Waals surface area contributed by atoms with E-state index in [0.29, 0.717) is 17.7 Å². The highest BCUT2D eigenvalue weighted by Crippen LogP contribution is 2.25. The summed E-state index contributed by atoms with van der Waals surface area (Å²) in [6.45, 7) is 6.60. The summed E-state index contributed by atoms with van der Waals surface area (Å²) >= 11 is 0. The molecule has 0 radical (unpaired) electrons. The average Bonchev–Trinajstić information content (AvgIpc) is 2.59. The van der Waals surface area contributed by atoms with Crippen molar-refractivity contribution in [3.05, 3.63) is 71.3 Å². The summed E-state index contributed by atoms with van der Waals surface area (Å²) < 4.78 is 0. The van der Waals surface area contributed by atoms with E-state index in [1.807, 2.05) is 68.4 Å². The van der Waals surface area contributed by atoms with E-state index in [9.17, 15) is 4.79 Å². The summed E-state index contributed by atoms with van der Waals surface area (Å²) in [6, 6.07) is 16.8. The molecule has 0 aliphatic heterocycles. The summed E-state index contributed by atoms with van der Waals surface area (Å²) in [7, 11) is 0. The normalized spacial score (nSPS) is 11.4. The van der Waals surface area contributed by atoms with Crippen LogP contribution in [0.3, 0.4) is 0 Å². The van der Waals surface area contributed by atoms with Gasteiger partial charge in [0.2, 0.25) is 0 Å². The summed E-state index contributed by atoms with van der Waals surface area (Å²) in [5, 5.41) is 0. The van der Waals surface area contributed by atoms with E-state index < -0.39 is 5.60 Å². The van der Waals surface area contributed by atoms with Gasteiger partial charge < -0.3 is 0 Å². The molecular formula is C20H24O3. The number of benzene rings is 2. The van der Waals surface area contributed by atoms with Gasteiger partial charge in [0.25, 0.3) is 0 Å². The summed E-state index contributed by atoms with van der Waals surface area (Å²) in [5.74, 6) is 0.0232. The Morgan fingerprint density at radius 1 is 0.957 bits per heavy atom. The first-order valence-corrected chi connectivity index (χ1v) is 8.05. The third-order valence-corrected chi connectivity index (χ3v) is 3.73. The van der Waals surface area contributed by atoms with Crippen molar-refractivity contribution >= 4 is 5.78 Å². The molecule has 0 N–H and O–H groups in total. The Labute approximate surface area is 138 Å². The van der Waals surface area contributed by atoms with Crippen LogP contribution in [0.5, 0.6) is 0 Å². The molecule has 2 rings (SSSR count). The predicted molar refractivity (Wildman–Crippen MR) is 91.3 cm³/mol. The lowest BCUT2D eigenvalue weighted by atomic mass is 9.95. The van der Waals surface area contributed by atoms with Crippen LogP contribution in [-0.4, -0.2) is 12.4 Å². The van der Waals surface area contributed by atoms with Crippen molar-refractivity contribution in [2.75, 3.05) is 6.61 Å².